The first kappa shape index (κ1) is 19.9. The molecule has 0 bridgehead atoms. The lowest BCUT2D eigenvalue weighted by Gasteiger charge is -2.16. The van der Waals surface area contributed by atoms with Gasteiger partial charge in [-0.1, -0.05) is 5.57 Å². The fraction of sp³-hybridized carbons (Fsp3) is 0.533. The van der Waals surface area contributed by atoms with Crippen molar-refractivity contribution in [1.29, 1.82) is 0 Å². The van der Waals surface area contributed by atoms with Crippen molar-refractivity contribution < 1.29 is 28.7 Å². The van der Waals surface area contributed by atoms with Crippen LogP contribution in [0.25, 0.3) is 11.2 Å². The summed E-state index contributed by atoms with van der Waals surface area (Å²) in [5.41, 5.74) is 2.14. The van der Waals surface area contributed by atoms with Gasteiger partial charge >= 0.3 is 7.82 Å². The molecule has 27 heavy (non-hydrogen) atoms. The SMILES string of the molecule is C=C(C)CCNc1ncnc2c1ncn2[C@H]1C[C@H](O)[C@@H](COP(=O)(O)O)O1. The van der Waals surface area contributed by atoms with E-state index in [1.165, 1.54) is 12.7 Å². The van der Waals surface area contributed by atoms with Gasteiger partial charge in [-0.2, -0.15) is 0 Å². The van der Waals surface area contributed by atoms with E-state index in [2.05, 4.69) is 31.4 Å². The minimum Gasteiger partial charge on any atom is -0.390 e. The summed E-state index contributed by atoms with van der Waals surface area (Å²) in [6.45, 7) is 6.05. The predicted molar refractivity (Wildman–Crippen MR) is 95.8 cm³/mol. The first-order valence-electron chi connectivity index (χ1n) is 8.34. The molecule has 0 unspecified atom stereocenters. The van der Waals surface area contributed by atoms with Gasteiger partial charge in [-0.05, 0) is 13.3 Å². The summed E-state index contributed by atoms with van der Waals surface area (Å²) in [6.07, 6.45) is 1.56. The molecule has 1 aliphatic heterocycles. The number of aliphatic hydroxyl groups is 1. The first-order chi connectivity index (χ1) is 12.7. The van der Waals surface area contributed by atoms with Crippen LogP contribution in [-0.4, -0.2) is 59.8 Å². The number of fused-ring (bicyclic) bond motifs is 1. The quantitative estimate of drug-likeness (QED) is 0.373. The largest absolute Gasteiger partial charge is 0.469 e. The number of hydrogen-bond acceptors (Lipinski definition) is 8. The lowest BCUT2D eigenvalue weighted by atomic mass is 10.2. The number of phosphoric ester groups is 1. The zero-order valence-electron chi connectivity index (χ0n) is 14.7. The average molecular weight is 399 g/mol. The second-order valence-corrected chi connectivity index (χ2v) is 7.64. The second-order valence-electron chi connectivity index (χ2n) is 6.40. The fourth-order valence-electron chi connectivity index (χ4n) is 2.79. The van der Waals surface area contributed by atoms with Crippen LogP contribution in [0.4, 0.5) is 5.82 Å². The number of hydrogen-bond donors (Lipinski definition) is 4. The molecule has 11 nitrogen and oxygen atoms in total. The molecule has 0 amide bonds. The number of nitrogens with one attached hydrogen (secondary N) is 1. The van der Waals surface area contributed by atoms with E-state index in [4.69, 9.17) is 14.5 Å². The van der Waals surface area contributed by atoms with Crippen LogP contribution in [0.3, 0.4) is 0 Å². The van der Waals surface area contributed by atoms with Crippen molar-refractivity contribution in [2.24, 2.45) is 0 Å². The van der Waals surface area contributed by atoms with Crippen molar-refractivity contribution in [3.05, 3.63) is 24.8 Å². The Balaban J connectivity index is 1.74. The first-order valence-corrected chi connectivity index (χ1v) is 9.87. The summed E-state index contributed by atoms with van der Waals surface area (Å²) < 4.78 is 22.6. The van der Waals surface area contributed by atoms with Crippen LogP contribution in [0.2, 0.25) is 0 Å². The van der Waals surface area contributed by atoms with Gasteiger partial charge in [-0.15, -0.1) is 6.58 Å². The summed E-state index contributed by atoms with van der Waals surface area (Å²) in [6, 6.07) is 0. The van der Waals surface area contributed by atoms with E-state index in [0.717, 1.165) is 12.0 Å². The average Bonchev–Trinajstić information content (AvgIpc) is 3.16. The van der Waals surface area contributed by atoms with Crippen LogP contribution in [0.15, 0.2) is 24.8 Å². The standard InChI is InChI=1S/C15H22N5O6P/c1-9(2)3-4-16-14-13-15(18-7-17-14)20(8-19-13)12-5-10(21)11(26-12)6-25-27(22,23)24/h7-8,10-12,21H,1,3-6H2,2H3,(H,16,17,18)(H2,22,23,24)/t10-,11+,12+/m0/s1. The Hall–Kier alpha value is -1.88. The van der Waals surface area contributed by atoms with Crippen LogP contribution >= 0.6 is 7.82 Å². The Morgan fingerprint density at radius 2 is 2.26 bits per heavy atom. The topological polar surface area (TPSA) is 152 Å². The van der Waals surface area contributed by atoms with E-state index in [-0.39, 0.29) is 6.42 Å². The van der Waals surface area contributed by atoms with Gasteiger partial charge in [0.1, 0.15) is 18.7 Å². The highest BCUT2D eigenvalue weighted by Gasteiger charge is 2.37. The number of aliphatic hydroxyl groups excluding tert-OH is 1. The maximum atomic E-state index is 10.8. The lowest BCUT2D eigenvalue weighted by Crippen LogP contribution is -2.25. The molecule has 12 heteroatoms. The van der Waals surface area contributed by atoms with Gasteiger partial charge < -0.3 is 24.9 Å². The summed E-state index contributed by atoms with van der Waals surface area (Å²) in [5, 5.41) is 13.3. The van der Waals surface area contributed by atoms with Crippen LogP contribution in [-0.2, 0) is 13.8 Å². The van der Waals surface area contributed by atoms with Crippen molar-refractivity contribution in [2.75, 3.05) is 18.5 Å². The normalized spacial score (nSPS) is 23.0. The van der Waals surface area contributed by atoms with Crippen molar-refractivity contribution in [1.82, 2.24) is 19.5 Å². The third-order valence-corrected chi connectivity index (χ3v) is 4.61. The van der Waals surface area contributed by atoms with Gasteiger partial charge in [-0.25, -0.2) is 19.5 Å². The van der Waals surface area contributed by atoms with E-state index < -0.39 is 32.9 Å². The molecule has 0 saturated carbocycles. The van der Waals surface area contributed by atoms with Gasteiger partial charge in [0.25, 0.3) is 0 Å². The molecule has 2 aromatic heterocycles. The molecule has 148 valence electrons. The Kier molecular flexibility index (Phi) is 5.89. The molecule has 0 aromatic carbocycles. The highest BCUT2D eigenvalue weighted by Crippen LogP contribution is 2.38. The Morgan fingerprint density at radius 3 is 2.96 bits per heavy atom. The predicted octanol–water partition coefficient (Wildman–Crippen LogP) is 0.962. The number of anilines is 1. The van der Waals surface area contributed by atoms with Gasteiger partial charge in [-0.3, -0.25) is 9.09 Å². The molecule has 2 aromatic rings. The van der Waals surface area contributed by atoms with Crippen molar-refractivity contribution in [3.63, 3.8) is 0 Å². The number of ether oxygens (including phenoxy) is 1. The number of imidazole rings is 1. The van der Waals surface area contributed by atoms with Gasteiger partial charge in [0.2, 0.25) is 0 Å². The van der Waals surface area contributed by atoms with Gasteiger partial charge in [0, 0.05) is 13.0 Å². The molecule has 3 heterocycles. The zero-order valence-corrected chi connectivity index (χ0v) is 15.6. The van der Waals surface area contributed by atoms with Crippen molar-refractivity contribution >= 4 is 24.8 Å². The van der Waals surface area contributed by atoms with E-state index in [1.54, 1.807) is 4.57 Å². The molecule has 0 spiro atoms. The van der Waals surface area contributed by atoms with Crippen LogP contribution in [0.1, 0.15) is 26.0 Å². The zero-order chi connectivity index (χ0) is 19.6. The summed E-state index contributed by atoms with van der Waals surface area (Å²) >= 11 is 0. The lowest BCUT2D eigenvalue weighted by molar-refractivity contribution is -0.0424. The van der Waals surface area contributed by atoms with E-state index in [9.17, 15) is 9.67 Å². The third-order valence-electron chi connectivity index (χ3n) is 4.12. The molecule has 0 radical (unpaired) electrons. The van der Waals surface area contributed by atoms with Gasteiger partial charge in [0.15, 0.2) is 17.0 Å². The number of aromatic nitrogens is 4. The van der Waals surface area contributed by atoms with E-state index >= 15 is 0 Å². The minimum atomic E-state index is -4.63. The van der Waals surface area contributed by atoms with E-state index in [1.807, 2.05) is 6.92 Å². The maximum absolute atomic E-state index is 10.8. The molecule has 1 saturated heterocycles. The number of nitrogens with zero attached hydrogens (tertiary/aromatic N) is 4. The second kappa shape index (κ2) is 8.01. The minimum absolute atomic E-state index is 0.211. The van der Waals surface area contributed by atoms with Crippen LogP contribution in [0, 0.1) is 0 Å². The summed E-state index contributed by atoms with van der Waals surface area (Å²) in [7, 11) is -4.63. The monoisotopic (exact) mass is 399 g/mol. The Labute approximate surface area is 155 Å². The smallest absolute Gasteiger partial charge is 0.390 e. The molecule has 3 rings (SSSR count). The maximum Gasteiger partial charge on any atom is 0.469 e. The highest BCUT2D eigenvalue weighted by molar-refractivity contribution is 7.46. The van der Waals surface area contributed by atoms with Gasteiger partial charge in [0.05, 0.1) is 19.0 Å². The highest BCUT2D eigenvalue weighted by atomic mass is 31.2. The molecule has 0 aliphatic carbocycles. The third kappa shape index (κ3) is 4.89. The van der Waals surface area contributed by atoms with Crippen molar-refractivity contribution in [3.8, 4) is 0 Å². The number of phosphoric acid groups is 1. The molecular formula is C15H22N5O6P. The molecule has 3 atom stereocenters. The van der Waals surface area contributed by atoms with Crippen LogP contribution in [0.5, 0.6) is 0 Å². The molecule has 1 aliphatic rings. The molecule has 4 N–H and O–H groups in total. The van der Waals surface area contributed by atoms with Crippen LogP contribution < -0.4 is 5.32 Å². The Bertz CT molecular complexity index is 867. The summed E-state index contributed by atoms with van der Waals surface area (Å²) in [4.78, 5) is 30.4. The molecule has 1 fully saturated rings. The fourth-order valence-corrected chi connectivity index (χ4v) is 3.13. The number of rotatable bonds is 8. The molecular weight excluding hydrogens is 377 g/mol. The summed E-state index contributed by atoms with van der Waals surface area (Å²) in [5.74, 6) is 0.583. The van der Waals surface area contributed by atoms with Crippen molar-refractivity contribution in [2.45, 2.75) is 38.2 Å². The van der Waals surface area contributed by atoms with E-state index in [0.29, 0.717) is 23.5 Å². The Morgan fingerprint density at radius 1 is 1.48 bits per heavy atom.